The standard InChI is InChI=1S/ClH.2Fe.H2O/h1H;;;1H2. The third-order valence-electron chi connectivity index (χ3n) is 0. The predicted octanol–water partition coefficient (Wildman–Crippen LogP) is -0.408. The maximum absolute atomic E-state index is 0. The minimum absolute atomic E-state index is 0. The van der Waals surface area contributed by atoms with Crippen LogP contribution in [-0.4, -0.2) is 5.48 Å². The molecule has 0 spiro atoms. The summed E-state index contributed by atoms with van der Waals surface area (Å²) in [7, 11) is 0. The van der Waals surface area contributed by atoms with E-state index in [-0.39, 0.29) is 52.0 Å². The molecule has 0 aromatic rings. The van der Waals surface area contributed by atoms with Crippen LogP contribution in [0.25, 0.3) is 0 Å². The first kappa shape index (κ1) is 58.6. The summed E-state index contributed by atoms with van der Waals surface area (Å²) in [5.74, 6) is 0. The van der Waals surface area contributed by atoms with Crippen LogP contribution in [0.4, 0.5) is 0 Å². The normalized spacial score (nSPS) is 0. The Bertz CT molecular complexity index is 6.00. The van der Waals surface area contributed by atoms with Crippen molar-refractivity contribution in [3.63, 3.8) is 0 Å². The third-order valence-corrected chi connectivity index (χ3v) is 0. The Morgan fingerprint density at radius 1 is 0.750 bits per heavy atom. The van der Waals surface area contributed by atoms with Gasteiger partial charge in [-0.05, 0) is 0 Å². The molecule has 0 heterocycles. The first-order valence-corrected chi connectivity index (χ1v) is 0. The van der Waals surface area contributed by atoms with Crippen molar-refractivity contribution >= 4 is 12.4 Å². The molecule has 0 saturated carbocycles. The molecule has 0 aromatic carbocycles. The van der Waals surface area contributed by atoms with Crippen molar-refractivity contribution in [3.05, 3.63) is 0 Å². The minimum atomic E-state index is 0. The molecule has 0 fully saturated rings. The van der Waals surface area contributed by atoms with Crippen LogP contribution in [0.15, 0.2) is 0 Å². The summed E-state index contributed by atoms with van der Waals surface area (Å²) in [6.45, 7) is 0. The molecule has 1 nitrogen and oxygen atoms in total. The number of hydrogen-bond donors (Lipinski definition) is 0. The Morgan fingerprint density at radius 2 is 0.750 bits per heavy atom. The quantitative estimate of drug-likeness (QED) is 0.438. The molecule has 0 rings (SSSR count). The molecule has 0 radical (unpaired) electrons. The van der Waals surface area contributed by atoms with Gasteiger partial charge in [-0.1, -0.05) is 0 Å². The van der Waals surface area contributed by atoms with Gasteiger partial charge in [-0.15, -0.1) is 12.4 Å². The van der Waals surface area contributed by atoms with Gasteiger partial charge >= 0.3 is 0 Å². The van der Waals surface area contributed by atoms with Crippen LogP contribution < -0.4 is 0 Å². The van der Waals surface area contributed by atoms with Crippen LogP contribution in [0.5, 0.6) is 0 Å². The van der Waals surface area contributed by atoms with Gasteiger partial charge in [0.15, 0.2) is 0 Å². The summed E-state index contributed by atoms with van der Waals surface area (Å²) in [5.41, 5.74) is 0. The van der Waals surface area contributed by atoms with Gasteiger partial charge in [0.25, 0.3) is 0 Å². The number of rotatable bonds is 0. The van der Waals surface area contributed by atoms with E-state index in [2.05, 4.69) is 0 Å². The SMILES string of the molecule is Cl.O.[Fe].[Fe]. The summed E-state index contributed by atoms with van der Waals surface area (Å²) in [4.78, 5) is 0. The van der Waals surface area contributed by atoms with Gasteiger partial charge in [0.1, 0.15) is 0 Å². The fourth-order valence-electron chi connectivity index (χ4n) is 0. The summed E-state index contributed by atoms with van der Waals surface area (Å²) in [6, 6.07) is 0. The van der Waals surface area contributed by atoms with Crippen LogP contribution in [0, 0.1) is 0 Å². The molecule has 0 amide bonds. The molecule has 0 bridgehead atoms. The van der Waals surface area contributed by atoms with E-state index in [4.69, 9.17) is 0 Å². The summed E-state index contributed by atoms with van der Waals surface area (Å²) in [5, 5.41) is 0. The maximum atomic E-state index is 0. The van der Waals surface area contributed by atoms with E-state index in [1.807, 2.05) is 0 Å². The van der Waals surface area contributed by atoms with E-state index < -0.39 is 0 Å². The zero-order valence-electron chi connectivity index (χ0n) is 1.62. The molecule has 0 atom stereocenters. The van der Waals surface area contributed by atoms with Crippen molar-refractivity contribution in [1.29, 1.82) is 0 Å². The molecule has 0 saturated heterocycles. The molecular formula is H3ClFe2O. The topological polar surface area (TPSA) is 31.5 Å². The molecule has 4 heteroatoms. The van der Waals surface area contributed by atoms with Gasteiger partial charge in [0, 0.05) is 34.1 Å². The van der Waals surface area contributed by atoms with Gasteiger partial charge < -0.3 is 5.48 Å². The molecule has 0 aliphatic heterocycles. The molecule has 32 valence electrons. The molecule has 2 N–H and O–H groups in total. The molecular weight excluding hydrogens is 163 g/mol. The van der Waals surface area contributed by atoms with E-state index >= 15 is 0 Å². The van der Waals surface area contributed by atoms with Gasteiger partial charge in [-0.2, -0.15) is 0 Å². The molecule has 0 aromatic heterocycles. The minimum Gasteiger partial charge on any atom is -0.412 e. The summed E-state index contributed by atoms with van der Waals surface area (Å²) < 4.78 is 0. The Labute approximate surface area is 52.2 Å². The van der Waals surface area contributed by atoms with Crippen molar-refractivity contribution in [3.8, 4) is 0 Å². The molecule has 0 unspecified atom stereocenters. The van der Waals surface area contributed by atoms with Crippen LogP contribution in [0.2, 0.25) is 0 Å². The summed E-state index contributed by atoms with van der Waals surface area (Å²) >= 11 is 0. The third kappa shape index (κ3) is 10.4. The largest absolute Gasteiger partial charge is 0.412 e. The van der Waals surface area contributed by atoms with Crippen molar-refractivity contribution in [1.82, 2.24) is 0 Å². The van der Waals surface area contributed by atoms with Crippen molar-refractivity contribution in [2.24, 2.45) is 0 Å². The van der Waals surface area contributed by atoms with E-state index in [1.165, 1.54) is 0 Å². The van der Waals surface area contributed by atoms with Gasteiger partial charge in [-0.3, -0.25) is 0 Å². The second-order valence-corrected chi connectivity index (χ2v) is 0. The maximum Gasteiger partial charge on any atom is 0 e. The van der Waals surface area contributed by atoms with Crippen molar-refractivity contribution < 1.29 is 39.6 Å². The zero-order valence-corrected chi connectivity index (χ0v) is 4.64. The van der Waals surface area contributed by atoms with Crippen LogP contribution in [0.3, 0.4) is 0 Å². The van der Waals surface area contributed by atoms with Crippen LogP contribution in [0.1, 0.15) is 0 Å². The van der Waals surface area contributed by atoms with E-state index in [1.54, 1.807) is 0 Å². The first-order chi connectivity index (χ1) is 0. The Balaban J connectivity index is 0. The zero-order chi connectivity index (χ0) is 0. The second-order valence-electron chi connectivity index (χ2n) is 0. The molecule has 4 heavy (non-hydrogen) atoms. The Morgan fingerprint density at radius 3 is 0.750 bits per heavy atom. The van der Waals surface area contributed by atoms with Crippen LogP contribution in [-0.2, 0) is 34.1 Å². The Hall–Kier alpha value is 1.29. The monoisotopic (exact) mass is 166 g/mol. The predicted molar refractivity (Wildman–Crippen MR) is 10.9 cm³/mol. The number of hydrogen-bond acceptors (Lipinski definition) is 0. The van der Waals surface area contributed by atoms with Crippen LogP contribution >= 0.6 is 12.4 Å². The van der Waals surface area contributed by atoms with Crippen molar-refractivity contribution in [2.75, 3.05) is 0 Å². The molecule has 0 aliphatic carbocycles. The van der Waals surface area contributed by atoms with E-state index in [0.717, 1.165) is 0 Å². The van der Waals surface area contributed by atoms with Gasteiger partial charge in [0.2, 0.25) is 0 Å². The van der Waals surface area contributed by atoms with Gasteiger partial charge in [-0.25, -0.2) is 0 Å². The average molecular weight is 166 g/mol. The number of halogens is 1. The van der Waals surface area contributed by atoms with Crippen molar-refractivity contribution in [2.45, 2.75) is 0 Å². The summed E-state index contributed by atoms with van der Waals surface area (Å²) in [6.07, 6.45) is 0. The van der Waals surface area contributed by atoms with Gasteiger partial charge in [0.05, 0.1) is 0 Å². The first-order valence-electron chi connectivity index (χ1n) is 0. The fourth-order valence-corrected chi connectivity index (χ4v) is 0. The Kier molecular flexibility index (Phi) is 409. The van der Waals surface area contributed by atoms with E-state index in [0.29, 0.717) is 0 Å². The molecule has 0 aliphatic rings. The average Bonchev–Trinajstić information content (AvgIpc) is 0. The van der Waals surface area contributed by atoms with E-state index in [9.17, 15) is 0 Å². The smallest absolute Gasteiger partial charge is 0 e. The second kappa shape index (κ2) is 27.9. The fraction of sp³-hybridized carbons (Fsp3) is 0.